The van der Waals surface area contributed by atoms with Crippen molar-refractivity contribution in [3.05, 3.63) is 35.8 Å². The van der Waals surface area contributed by atoms with Gasteiger partial charge in [-0.1, -0.05) is 12.1 Å². The van der Waals surface area contributed by atoms with Gasteiger partial charge in [-0.05, 0) is 19.1 Å². The van der Waals surface area contributed by atoms with E-state index in [2.05, 4.69) is 14.7 Å². The molecule has 0 radical (unpaired) electrons. The number of aromatic nitrogens is 2. The maximum Gasteiger partial charge on any atom is 0.315 e. The zero-order valence-corrected chi connectivity index (χ0v) is 13.0. The van der Waals surface area contributed by atoms with Gasteiger partial charge >= 0.3 is 5.97 Å². The van der Waals surface area contributed by atoms with Crippen LogP contribution < -0.4 is 0 Å². The van der Waals surface area contributed by atoms with Gasteiger partial charge in [0.15, 0.2) is 5.82 Å². The number of thioether (sulfide) groups is 1. The molecule has 0 aliphatic carbocycles. The summed E-state index contributed by atoms with van der Waals surface area (Å²) in [6.07, 6.45) is 0. The molecule has 0 spiro atoms. The average Bonchev–Trinajstić information content (AvgIpc) is 2.96. The number of aliphatic hydroxyl groups excluding tert-OH is 1. The highest BCUT2D eigenvalue weighted by atomic mass is 32.2. The lowest BCUT2D eigenvalue weighted by atomic mass is 10.2. The lowest BCUT2D eigenvalue weighted by molar-refractivity contribution is -0.137. The smallest absolute Gasteiger partial charge is 0.315 e. The van der Waals surface area contributed by atoms with Gasteiger partial charge in [0.2, 0.25) is 0 Å². The number of H-pyrrole nitrogens is 1. The minimum atomic E-state index is -0.429. The molecule has 0 saturated carbocycles. The topological polar surface area (TPSA) is 99.0 Å². The summed E-state index contributed by atoms with van der Waals surface area (Å²) >= 11 is 1.19. The predicted octanol–water partition coefficient (Wildman–Crippen LogP) is 2.65. The van der Waals surface area contributed by atoms with E-state index in [4.69, 9.17) is 0 Å². The summed E-state index contributed by atoms with van der Waals surface area (Å²) in [5, 5.41) is 19.2. The Balaban J connectivity index is 2.28. The minimum absolute atomic E-state index is 0.0704. The second-order valence-corrected chi connectivity index (χ2v) is 5.83. The number of hydrogen-bond donors (Lipinski definition) is 2. The van der Waals surface area contributed by atoms with Gasteiger partial charge in [-0.3, -0.25) is 4.79 Å². The van der Waals surface area contributed by atoms with Crippen molar-refractivity contribution >= 4 is 34.3 Å². The first-order chi connectivity index (χ1) is 10.6. The van der Waals surface area contributed by atoms with Crippen LogP contribution in [0.15, 0.2) is 30.0 Å². The molecule has 2 N–H and O–H groups in total. The minimum Gasteiger partial charge on any atom is -0.510 e. The number of carbonyl (C=O) groups is 1. The Morgan fingerprint density at radius 2 is 2.27 bits per heavy atom. The summed E-state index contributed by atoms with van der Waals surface area (Å²) in [4.78, 5) is 18.4. The van der Waals surface area contributed by atoms with E-state index in [1.54, 1.807) is 6.92 Å². The molecule has 1 heterocycles. The van der Waals surface area contributed by atoms with Gasteiger partial charge < -0.3 is 14.8 Å². The predicted molar refractivity (Wildman–Crippen MR) is 85.2 cm³/mol. The van der Waals surface area contributed by atoms with E-state index < -0.39 is 5.25 Å². The van der Waals surface area contributed by atoms with Crippen LogP contribution >= 0.6 is 11.8 Å². The number of para-hydroxylation sites is 2. The Labute approximate surface area is 131 Å². The second kappa shape index (κ2) is 7.00. The molecule has 7 heteroatoms. The quantitative estimate of drug-likeness (QED) is 0.499. The summed E-state index contributed by atoms with van der Waals surface area (Å²) in [6.45, 7) is 1.71. The Bertz CT molecular complexity index is 728. The largest absolute Gasteiger partial charge is 0.510 e. The number of rotatable bonds is 5. The van der Waals surface area contributed by atoms with Crippen LogP contribution in [0.1, 0.15) is 12.7 Å². The van der Waals surface area contributed by atoms with E-state index in [1.165, 1.54) is 18.9 Å². The van der Waals surface area contributed by atoms with Crippen molar-refractivity contribution in [1.82, 2.24) is 9.97 Å². The average molecular weight is 317 g/mol. The Morgan fingerprint density at radius 3 is 2.91 bits per heavy atom. The van der Waals surface area contributed by atoms with E-state index in [9.17, 15) is 15.2 Å². The monoisotopic (exact) mass is 317 g/mol. The first-order valence-electron chi connectivity index (χ1n) is 6.53. The molecule has 1 unspecified atom stereocenters. The van der Waals surface area contributed by atoms with Crippen LogP contribution in [0.2, 0.25) is 0 Å². The Hall–Kier alpha value is -2.46. The van der Waals surface area contributed by atoms with Gasteiger partial charge in [-0.15, -0.1) is 11.8 Å². The number of methoxy groups -OCH3 is 1. The molecular formula is C15H15N3O3S. The van der Waals surface area contributed by atoms with Crippen molar-refractivity contribution in [1.29, 1.82) is 5.26 Å². The molecule has 22 heavy (non-hydrogen) atoms. The third kappa shape index (κ3) is 3.40. The normalized spacial score (nSPS) is 13.3. The van der Waals surface area contributed by atoms with Crippen LogP contribution in [-0.2, 0) is 9.53 Å². The number of ether oxygens (including phenoxy) is 1. The molecule has 0 aliphatic heterocycles. The molecule has 2 rings (SSSR count). The van der Waals surface area contributed by atoms with Crippen molar-refractivity contribution in [3.63, 3.8) is 0 Å². The highest BCUT2D eigenvalue weighted by Gasteiger charge is 2.19. The third-order valence-corrected chi connectivity index (χ3v) is 4.18. The van der Waals surface area contributed by atoms with Gasteiger partial charge in [0, 0.05) is 0 Å². The third-order valence-electron chi connectivity index (χ3n) is 3.06. The van der Waals surface area contributed by atoms with Crippen LogP contribution in [0.3, 0.4) is 0 Å². The second-order valence-electron chi connectivity index (χ2n) is 4.50. The number of nitrogens with zero attached hydrogens (tertiary/aromatic N) is 2. The number of allylic oxidation sites excluding steroid dienone is 1. The van der Waals surface area contributed by atoms with Gasteiger partial charge in [-0.2, -0.15) is 5.26 Å². The van der Waals surface area contributed by atoms with E-state index >= 15 is 0 Å². The Morgan fingerprint density at radius 1 is 1.55 bits per heavy atom. The maximum atomic E-state index is 11.1. The number of fused-ring (bicyclic) bond motifs is 1. The first-order valence-corrected chi connectivity index (χ1v) is 7.58. The zero-order chi connectivity index (χ0) is 16.1. The molecule has 0 aliphatic rings. The number of carbonyl (C=O) groups excluding carboxylic acids is 1. The molecule has 114 valence electrons. The summed E-state index contributed by atoms with van der Waals surface area (Å²) in [5.41, 5.74) is 1.57. The summed E-state index contributed by atoms with van der Waals surface area (Å²) < 4.78 is 4.55. The van der Waals surface area contributed by atoms with Crippen LogP contribution in [0.5, 0.6) is 0 Å². The van der Waals surface area contributed by atoms with Crippen molar-refractivity contribution in [2.24, 2.45) is 0 Å². The summed E-state index contributed by atoms with van der Waals surface area (Å²) in [6, 6.07) is 9.33. The molecule has 0 fully saturated rings. The van der Waals surface area contributed by atoms with E-state index in [1.807, 2.05) is 30.3 Å². The Kier molecular flexibility index (Phi) is 5.07. The summed E-state index contributed by atoms with van der Waals surface area (Å²) in [5.74, 6) is -0.0883. The fourth-order valence-electron chi connectivity index (χ4n) is 1.84. The van der Waals surface area contributed by atoms with Crippen molar-refractivity contribution in [2.45, 2.75) is 12.2 Å². The molecule has 1 atom stereocenters. The zero-order valence-electron chi connectivity index (χ0n) is 12.2. The number of aromatic amines is 1. The van der Waals surface area contributed by atoms with E-state index in [-0.39, 0.29) is 23.1 Å². The highest BCUT2D eigenvalue weighted by Crippen LogP contribution is 2.25. The molecule has 0 amide bonds. The van der Waals surface area contributed by atoms with Crippen LogP contribution in [0.4, 0.5) is 0 Å². The van der Waals surface area contributed by atoms with Gasteiger partial charge in [0.25, 0.3) is 0 Å². The molecular weight excluding hydrogens is 302 g/mol. The van der Waals surface area contributed by atoms with Gasteiger partial charge in [-0.25, -0.2) is 4.98 Å². The highest BCUT2D eigenvalue weighted by molar-refractivity contribution is 8.00. The molecule has 6 nitrogen and oxygen atoms in total. The van der Waals surface area contributed by atoms with Crippen LogP contribution in [0, 0.1) is 11.3 Å². The number of aliphatic hydroxyl groups is 1. The number of imidazole rings is 1. The fourth-order valence-corrected chi connectivity index (χ4v) is 2.62. The van der Waals surface area contributed by atoms with Crippen LogP contribution in [0.25, 0.3) is 16.6 Å². The lowest BCUT2D eigenvalue weighted by Crippen LogP contribution is -2.10. The number of esters is 1. The number of nitriles is 1. The van der Waals surface area contributed by atoms with Gasteiger partial charge in [0.1, 0.15) is 17.4 Å². The lowest BCUT2D eigenvalue weighted by Gasteiger charge is -2.10. The van der Waals surface area contributed by atoms with Gasteiger partial charge in [0.05, 0.1) is 29.1 Å². The summed E-state index contributed by atoms with van der Waals surface area (Å²) in [7, 11) is 1.30. The number of hydrogen-bond acceptors (Lipinski definition) is 6. The standard InChI is InChI=1S/C15H15N3O3S/c1-9(22-8-13(19)21-2)14(20)10(7-16)15-17-11-5-3-4-6-12(11)18-15/h3-6,9,20H,8H2,1-2H3,(H,17,18)/b14-10+. The fraction of sp³-hybridized carbons (Fsp3) is 0.267. The SMILES string of the molecule is COC(=O)CSC(C)/C(O)=C(/C#N)c1nc2ccccc2[nH]1. The molecule has 2 aromatic rings. The van der Waals surface area contributed by atoms with E-state index in [0.717, 1.165) is 5.52 Å². The van der Waals surface area contributed by atoms with Crippen LogP contribution in [-0.4, -0.2) is 39.2 Å². The van der Waals surface area contributed by atoms with Crippen molar-refractivity contribution in [3.8, 4) is 6.07 Å². The molecule has 0 bridgehead atoms. The van der Waals surface area contributed by atoms with Crippen molar-refractivity contribution < 1.29 is 14.6 Å². The first kappa shape index (κ1) is 15.9. The molecule has 1 aromatic carbocycles. The number of benzene rings is 1. The molecule has 0 saturated heterocycles. The maximum absolute atomic E-state index is 11.1. The molecule has 1 aromatic heterocycles. The van der Waals surface area contributed by atoms with E-state index in [0.29, 0.717) is 11.3 Å². The van der Waals surface area contributed by atoms with Crippen molar-refractivity contribution in [2.75, 3.05) is 12.9 Å². The number of nitrogens with one attached hydrogen (secondary N) is 1.